The third kappa shape index (κ3) is 3.74. The third-order valence-corrected chi connectivity index (χ3v) is 5.62. The lowest BCUT2D eigenvalue weighted by atomic mass is 10.1. The van der Waals surface area contributed by atoms with Crippen molar-refractivity contribution in [3.63, 3.8) is 0 Å². The van der Waals surface area contributed by atoms with E-state index in [1.54, 1.807) is 24.5 Å². The summed E-state index contributed by atoms with van der Waals surface area (Å²) in [5, 5.41) is 4.45. The minimum atomic E-state index is -0.232. The van der Waals surface area contributed by atoms with Crippen LogP contribution in [0.25, 0.3) is 10.9 Å². The number of pyridine rings is 1. The van der Waals surface area contributed by atoms with E-state index in [2.05, 4.69) is 39.0 Å². The van der Waals surface area contributed by atoms with E-state index in [9.17, 15) is 4.39 Å². The molecule has 0 spiro atoms. The quantitative estimate of drug-likeness (QED) is 0.647. The SMILES string of the molecule is CC(C)N1C=NC2C1=NC(c1cccnc1)=NC2NCCc1c[nH]c2ccc(F)cc12. The number of aromatic amines is 1. The van der Waals surface area contributed by atoms with Crippen LogP contribution in [0, 0.1) is 5.82 Å². The number of amidine groups is 2. The molecule has 2 aliphatic rings. The number of H-pyrrole nitrogens is 1. The van der Waals surface area contributed by atoms with Gasteiger partial charge in [-0.3, -0.25) is 15.3 Å². The second-order valence-corrected chi connectivity index (χ2v) is 8.03. The lowest BCUT2D eigenvalue weighted by molar-refractivity contribution is 0.471. The number of fused-ring (bicyclic) bond motifs is 2. The van der Waals surface area contributed by atoms with Gasteiger partial charge in [0.25, 0.3) is 0 Å². The van der Waals surface area contributed by atoms with Crippen LogP contribution in [0.2, 0.25) is 0 Å². The van der Waals surface area contributed by atoms with Gasteiger partial charge in [0.1, 0.15) is 23.9 Å². The number of hydrogen-bond acceptors (Lipinski definition) is 6. The Morgan fingerprint density at radius 2 is 2.16 bits per heavy atom. The molecule has 5 rings (SSSR count). The van der Waals surface area contributed by atoms with Crippen molar-refractivity contribution in [2.24, 2.45) is 15.0 Å². The zero-order valence-corrected chi connectivity index (χ0v) is 17.5. The molecule has 7 nitrogen and oxygen atoms in total. The standard InChI is InChI=1S/C23H24FN7/c1-14(2)31-13-28-20-22(29-21(30-23(20)31)16-4-3-8-25-11-16)26-9-7-15-12-27-19-6-5-17(24)10-18(15)19/h3-6,8,10-14,20,22,26-27H,7,9H2,1-2H3. The van der Waals surface area contributed by atoms with Gasteiger partial charge in [-0.25, -0.2) is 14.4 Å². The largest absolute Gasteiger partial charge is 0.361 e. The first-order valence-electron chi connectivity index (χ1n) is 10.5. The minimum Gasteiger partial charge on any atom is -0.361 e. The molecule has 1 aromatic carbocycles. The van der Waals surface area contributed by atoms with Crippen LogP contribution < -0.4 is 5.32 Å². The summed E-state index contributed by atoms with van der Waals surface area (Å²) in [5.74, 6) is 1.33. The van der Waals surface area contributed by atoms with Gasteiger partial charge in [-0.1, -0.05) is 0 Å². The Morgan fingerprint density at radius 1 is 1.26 bits per heavy atom. The summed E-state index contributed by atoms with van der Waals surface area (Å²) in [5.41, 5.74) is 2.89. The van der Waals surface area contributed by atoms with Crippen molar-refractivity contribution < 1.29 is 4.39 Å². The summed E-state index contributed by atoms with van der Waals surface area (Å²) in [6, 6.07) is 8.75. The third-order valence-electron chi connectivity index (χ3n) is 5.62. The Labute approximate surface area is 179 Å². The van der Waals surface area contributed by atoms with Crippen molar-refractivity contribution in [3.8, 4) is 0 Å². The summed E-state index contributed by atoms with van der Waals surface area (Å²) in [6.45, 7) is 4.91. The molecule has 0 radical (unpaired) electrons. The van der Waals surface area contributed by atoms with Crippen molar-refractivity contribution in [2.75, 3.05) is 6.54 Å². The Bertz CT molecular complexity index is 1180. The van der Waals surface area contributed by atoms with Gasteiger partial charge in [0, 0.05) is 47.6 Å². The lowest BCUT2D eigenvalue weighted by Crippen LogP contribution is -2.49. The predicted molar refractivity (Wildman–Crippen MR) is 121 cm³/mol. The van der Waals surface area contributed by atoms with Crippen LogP contribution in [0.3, 0.4) is 0 Å². The van der Waals surface area contributed by atoms with Crippen LogP contribution in [-0.4, -0.2) is 57.7 Å². The molecule has 2 atom stereocenters. The van der Waals surface area contributed by atoms with E-state index in [-0.39, 0.29) is 24.1 Å². The normalized spacial score (nSPS) is 20.3. The number of nitrogens with zero attached hydrogens (tertiary/aromatic N) is 5. The number of aliphatic imine (C=N–C) groups is 3. The fourth-order valence-electron chi connectivity index (χ4n) is 4.01. The topological polar surface area (TPSA) is 81.0 Å². The molecule has 2 aliphatic heterocycles. The molecular formula is C23H24FN7. The molecule has 4 heterocycles. The Morgan fingerprint density at radius 3 is 2.97 bits per heavy atom. The Kier molecular flexibility index (Phi) is 5.07. The fourth-order valence-corrected chi connectivity index (χ4v) is 4.01. The van der Waals surface area contributed by atoms with E-state index in [4.69, 9.17) is 9.98 Å². The first-order chi connectivity index (χ1) is 15.1. The molecule has 0 bridgehead atoms. The van der Waals surface area contributed by atoms with Crippen LogP contribution in [0.4, 0.5) is 4.39 Å². The Balaban J connectivity index is 1.37. The van der Waals surface area contributed by atoms with Crippen molar-refractivity contribution >= 4 is 28.9 Å². The monoisotopic (exact) mass is 417 g/mol. The molecule has 0 saturated carbocycles. The molecular weight excluding hydrogens is 393 g/mol. The first kappa shape index (κ1) is 19.6. The Hall–Kier alpha value is -3.39. The van der Waals surface area contributed by atoms with E-state index in [1.165, 1.54) is 6.07 Å². The van der Waals surface area contributed by atoms with Gasteiger partial charge < -0.3 is 9.88 Å². The van der Waals surface area contributed by atoms with Crippen LogP contribution in [0.1, 0.15) is 25.0 Å². The molecule has 31 heavy (non-hydrogen) atoms. The molecule has 0 saturated heterocycles. The fraction of sp³-hybridized carbons (Fsp3) is 0.304. The van der Waals surface area contributed by atoms with E-state index < -0.39 is 0 Å². The van der Waals surface area contributed by atoms with Crippen molar-refractivity contribution in [1.82, 2.24) is 20.2 Å². The van der Waals surface area contributed by atoms with Crippen LogP contribution >= 0.6 is 0 Å². The maximum absolute atomic E-state index is 13.7. The zero-order chi connectivity index (χ0) is 21.4. The number of halogens is 1. The van der Waals surface area contributed by atoms with Crippen molar-refractivity contribution in [2.45, 2.75) is 38.5 Å². The summed E-state index contributed by atoms with van der Waals surface area (Å²) in [7, 11) is 0. The minimum absolute atomic E-state index is 0.164. The van der Waals surface area contributed by atoms with Gasteiger partial charge in [0.15, 0.2) is 5.84 Å². The van der Waals surface area contributed by atoms with Gasteiger partial charge in [-0.05, 0) is 56.2 Å². The first-order valence-corrected chi connectivity index (χ1v) is 10.5. The van der Waals surface area contributed by atoms with Gasteiger partial charge >= 0.3 is 0 Å². The number of aromatic nitrogens is 2. The van der Waals surface area contributed by atoms with Gasteiger partial charge in [-0.2, -0.15) is 0 Å². The maximum Gasteiger partial charge on any atom is 0.159 e. The number of benzene rings is 1. The molecule has 0 fully saturated rings. The summed E-state index contributed by atoms with van der Waals surface area (Å²) >= 11 is 0. The zero-order valence-electron chi connectivity index (χ0n) is 17.5. The van der Waals surface area contributed by atoms with Gasteiger partial charge in [0.05, 0.1) is 6.34 Å². The van der Waals surface area contributed by atoms with E-state index in [0.29, 0.717) is 12.4 Å². The van der Waals surface area contributed by atoms with E-state index in [1.807, 2.05) is 24.7 Å². The summed E-state index contributed by atoms with van der Waals surface area (Å²) < 4.78 is 13.7. The summed E-state index contributed by atoms with van der Waals surface area (Å²) in [6.07, 6.45) is 7.82. The van der Waals surface area contributed by atoms with Gasteiger partial charge in [-0.15, -0.1) is 0 Å². The molecule has 2 N–H and O–H groups in total. The smallest absolute Gasteiger partial charge is 0.159 e. The molecule has 0 aliphatic carbocycles. The highest BCUT2D eigenvalue weighted by Crippen LogP contribution is 2.23. The van der Waals surface area contributed by atoms with Crippen LogP contribution in [0.15, 0.2) is 63.9 Å². The van der Waals surface area contributed by atoms with E-state index in [0.717, 1.165) is 34.3 Å². The molecule has 8 heteroatoms. The highest BCUT2D eigenvalue weighted by Gasteiger charge is 2.37. The van der Waals surface area contributed by atoms with Crippen LogP contribution in [-0.2, 0) is 6.42 Å². The highest BCUT2D eigenvalue weighted by atomic mass is 19.1. The second kappa shape index (κ2) is 8.03. The van der Waals surface area contributed by atoms with Crippen molar-refractivity contribution in [3.05, 3.63) is 65.9 Å². The highest BCUT2D eigenvalue weighted by molar-refractivity contribution is 6.13. The number of nitrogens with one attached hydrogen (secondary N) is 2. The van der Waals surface area contributed by atoms with Crippen LogP contribution in [0.5, 0.6) is 0 Å². The molecule has 2 unspecified atom stereocenters. The van der Waals surface area contributed by atoms with Gasteiger partial charge in [0.2, 0.25) is 0 Å². The molecule has 0 amide bonds. The number of rotatable bonds is 6. The maximum atomic E-state index is 13.7. The molecule has 3 aromatic rings. The van der Waals surface area contributed by atoms with Crippen molar-refractivity contribution in [1.29, 1.82) is 0 Å². The number of hydrogen-bond donors (Lipinski definition) is 2. The lowest BCUT2D eigenvalue weighted by Gasteiger charge is -2.29. The predicted octanol–water partition coefficient (Wildman–Crippen LogP) is 3.14. The summed E-state index contributed by atoms with van der Waals surface area (Å²) in [4.78, 5) is 23.9. The average molecular weight is 417 g/mol. The second-order valence-electron chi connectivity index (χ2n) is 8.03. The average Bonchev–Trinajstić information content (AvgIpc) is 3.38. The molecule has 2 aromatic heterocycles. The van der Waals surface area contributed by atoms with E-state index >= 15 is 0 Å². The molecule has 158 valence electrons.